The van der Waals surface area contributed by atoms with Gasteiger partial charge in [0.05, 0.1) is 25.3 Å². The normalized spacial score (nSPS) is 21.5. The zero-order valence-electron chi connectivity index (χ0n) is 16.5. The van der Waals surface area contributed by atoms with E-state index in [1.165, 1.54) is 17.0 Å². The number of nitrogens with zero attached hydrogens (tertiary/aromatic N) is 2. The number of benzene rings is 2. The molecule has 1 unspecified atom stereocenters. The topological polar surface area (TPSA) is 82.1 Å². The van der Waals surface area contributed by atoms with Crippen LogP contribution in [0.25, 0.3) is 0 Å². The van der Waals surface area contributed by atoms with Crippen LogP contribution in [-0.4, -0.2) is 65.9 Å². The fourth-order valence-corrected chi connectivity index (χ4v) is 4.12. The SMILES string of the molecule is O=C(O)N1CCOCC(NC(=O)N2CCc3ccccc3[C@@H]2c2ccc(F)cc2)C1. The molecule has 0 aliphatic carbocycles. The molecule has 0 spiro atoms. The Bertz CT molecular complexity index is 921. The Hall–Kier alpha value is -3.13. The highest BCUT2D eigenvalue weighted by Gasteiger charge is 2.33. The van der Waals surface area contributed by atoms with Gasteiger partial charge in [-0.15, -0.1) is 0 Å². The zero-order chi connectivity index (χ0) is 21.1. The first-order valence-electron chi connectivity index (χ1n) is 9.99. The van der Waals surface area contributed by atoms with Gasteiger partial charge in [-0.3, -0.25) is 0 Å². The molecule has 0 saturated carbocycles. The van der Waals surface area contributed by atoms with Crippen LogP contribution in [0.1, 0.15) is 22.7 Å². The van der Waals surface area contributed by atoms with Gasteiger partial charge in [0.1, 0.15) is 5.82 Å². The number of hydrogen-bond donors (Lipinski definition) is 2. The third kappa shape index (κ3) is 4.23. The fraction of sp³-hybridized carbons (Fsp3) is 0.364. The number of fused-ring (bicyclic) bond motifs is 1. The molecule has 1 saturated heterocycles. The van der Waals surface area contributed by atoms with Crippen molar-refractivity contribution in [2.24, 2.45) is 0 Å². The van der Waals surface area contributed by atoms with Crippen molar-refractivity contribution < 1.29 is 23.8 Å². The maximum absolute atomic E-state index is 13.5. The van der Waals surface area contributed by atoms with Crippen molar-refractivity contribution in [1.82, 2.24) is 15.1 Å². The quantitative estimate of drug-likeness (QED) is 0.793. The molecule has 0 aromatic heterocycles. The number of rotatable bonds is 2. The molecule has 0 radical (unpaired) electrons. The summed E-state index contributed by atoms with van der Waals surface area (Å²) in [6.45, 7) is 1.50. The molecule has 1 fully saturated rings. The second kappa shape index (κ2) is 8.71. The predicted octanol–water partition coefficient (Wildman–Crippen LogP) is 2.86. The Balaban J connectivity index is 1.59. The summed E-state index contributed by atoms with van der Waals surface area (Å²) >= 11 is 0. The summed E-state index contributed by atoms with van der Waals surface area (Å²) in [5, 5.41) is 12.2. The fourth-order valence-electron chi connectivity index (χ4n) is 4.12. The Morgan fingerprint density at radius 1 is 1.10 bits per heavy atom. The van der Waals surface area contributed by atoms with Gasteiger partial charge in [-0.2, -0.15) is 0 Å². The van der Waals surface area contributed by atoms with Gasteiger partial charge in [0.2, 0.25) is 0 Å². The van der Waals surface area contributed by atoms with E-state index in [-0.39, 0.29) is 37.6 Å². The van der Waals surface area contributed by atoms with Crippen molar-refractivity contribution in [1.29, 1.82) is 0 Å². The van der Waals surface area contributed by atoms with Crippen molar-refractivity contribution in [3.63, 3.8) is 0 Å². The molecular formula is C22H24FN3O4. The molecule has 2 aromatic rings. The van der Waals surface area contributed by atoms with Gasteiger partial charge in [-0.1, -0.05) is 36.4 Å². The van der Waals surface area contributed by atoms with Crippen LogP contribution in [0.4, 0.5) is 14.0 Å². The first-order valence-corrected chi connectivity index (χ1v) is 9.99. The molecular weight excluding hydrogens is 389 g/mol. The Morgan fingerprint density at radius 2 is 1.87 bits per heavy atom. The van der Waals surface area contributed by atoms with Crippen molar-refractivity contribution in [2.45, 2.75) is 18.5 Å². The molecule has 3 amide bonds. The molecule has 2 atom stereocenters. The number of halogens is 1. The first kappa shape index (κ1) is 20.2. The molecule has 7 nitrogen and oxygen atoms in total. The van der Waals surface area contributed by atoms with Gasteiger partial charge in [0.15, 0.2) is 0 Å². The van der Waals surface area contributed by atoms with Crippen molar-refractivity contribution in [2.75, 3.05) is 32.8 Å². The van der Waals surface area contributed by atoms with Crippen LogP contribution in [0.3, 0.4) is 0 Å². The van der Waals surface area contributed by atoms with E-state index in [0.717, 1.165) is 16.7 Å². The highest BCUT2D eigenvalue weighted by atomic mass is 19.1. The smallest absolute Gasteiger partial charge is 0.407 e. The zero-order valence-corrected chi connectivity index (χ0v) is 16.5. The number of carbonyl (C=O) groups is 2. The molecule has 2 N–H and O–H groups in total. The van der Waals surface area contributed by atoms with Crippen molar-refractivity contribution in [3.05, 3.63) is 71.0 Å². The van der Waals surface area contributed by atoms with Crippen molar-refractivity contribution >= 4 is 12.1 Å². The number of urea groups is 1. The van der Waals surface area contributed by atoms with Crippen LogP contribution in [0.2, 0.25) is 0 Å². The minimum absolute atomic E-state index is 0.173. The van der Waals surface area contributed by atoms with Crippen LogP contribution in [0.5, 0.6) is 0 Å². The third-order valence-electron chi connectivity index (χ3n) is 5.59. The number of carbonyl (C=O) groups excluding carboxylic acids is 1. The minimum atomic E-state index is -1.03. The molecule has 158 valence electrons. The molecule has 2 aliphatic heterocycles. The molecule has 2 heterocycles. The van der Waals surface area contributed by atoms with Crippen LogP contribution in [-0.2, 0) is 11.2 Å². The third-order valence-corrected chi connectivity index (χ3v) is 5.59. The van der Waals surface area contributed by atoms with E-state index >= 15 is 0 Å². The van der Waals surface area contributed by atoms with E-state index in [4.69, 9.17) is 4.74 Å². The number of amides is 3. The maximum Gasteiger partial charge on any atom is 0.407 e. The van der Waals surface area contributed by atoms with E-state index in [2.05, 4.69) is 5.32 Å². The van der Waals surface area contributed by atoms with E-state index in [1.54, 1.807) is 17.0 Å². The summed E-state index contributed by atoms with van der Waals surface area (Å²) < 4.78 is 19.0. The summed E-state index contributed by atoms with van der Waals surface area (Å²) in [7, 11) is 0. The highest BCUT2D eigenvalue weighted by Crippen LogP contribution is 2.35. The van der Waals surface area contributed by atoms with Crippen LogP contribution >= 0.6 is 0 Å². The minimum Gasteiger partial charge on any atom is -0.465 e. The van der Waals surface area contributed by atoms with Crippen LogP contribution in [0, 0.1) is 5.82 Å². The van der Waals surface area contributed by atoms with Gasteiger partial charge in [0, 0.05) is 19.6 Å². The number of hydrogen-bond acceptors (Lipinski definition) is 3. The number of carboxylic acid groups (broad SMARTS) is 1. The van der Waals surface area contributed by atoms with Gasteiger partial charge in [-0.05, 0) is 35.2 Å². The second-order valence-corrected chi connectivity index (χ2v) is 7.55. The van der Waals surface area contributed by atoms with Gasteiger partial charge >= 0.3 is 12.1 Å². The van der Waals surface area contributed by atoms with E-state index < -0.39 is 12.1 Å². The lowest BCUT2D eigenvalue weighted by molar-refractivity contribution is 0.122. The van der Waals surface area contributed by atoms with E-state index in [9.17, 15) is 19.1 Å². The second-order valence-electron chi connectivity index (χ2n) is 7.55. The number of nitrogens with one attached hydrogen (secondary N) is 1. The van der Waals surface area contributed by atoms with E-state index in [1.807, 2.05) is 24.3 Å². The average Bonchev–Trinajstić information content (AvgIpc) is 2.99. The molecule has 2 aliphatic rings. The summed E-state index contributed by atoms with van der Waals surface area (Å²) in [6.07, 6.45) is -0.320. The summed E-state index contributed by atoms with van der Waals surface area (Å²) in [5.74, 6) is -0.330. The first-order chi connectivity index (χ1) is 14.5. The summed E-state index contributed by atoms with van der Waals surface area (Å²) in [5.41, 5.74) is 2.99. The number of ether oxygens (including phenoxy) is 1. The standard InChI is InChI=1S/C22H24FN3O4/c23-17-7-5-16(6-8-17)20-19-4-2-1-3-15(19)9-10-26(20)21(27)24-18-13-25(22(28)29)11-12-30-14-18/h1-8,18,20H,9-14H2,(H,24,27)(H,28,29)/t18?,20-/m0/s1. The molecule has 30 heavy (non-hydrogen) atoms. The predicted molar refractivity (Wildman–Crippen MR) is 108 cm³/mol. The Kier molecular flexibility index (Phi) is 5.85. The highest BCUT2D eigenvalue weighted by molar-refractivity contribution is 5.76. The summed E-state index contributed by atoms with van der Waals surface area (Å²) in [6, 6.07) is 13.0. The Morgan fingerprint density at radius 3 is 2.63 bits per heavy atom. The Labute approximate surface area is 174 Å². The van der Waals surface area contributed by atoms with Gasteiger partial charge < -0.3 is 25.0 Å². The average molecular weight is 413 g/mol. The monoisotopic (exact) mass is 413 g/mol. The van der Waals surface area contributed by atoms with E-state index in [0.29, 0.717) is 19.6 Å². The molecule has 8 heteroatoms. The van der Waals surface area contributed by atoms with Crippen molar-refractivity contribution in [3.8, 4) is 0 Å². The lowest BCUT2D eigenvalue weighted by atomic mass is 9.88. The summed E-state index contributed by atoms with van der Waals surface area (Å²) in [4.78, 5) is 27.6. The van der Waals surface area contributed by atoms with Crippen LogP contribution < -0.4 is 5.32 Å². The molecule has 2 aromatic carbocycles. The molecule has 4 rings (SSSR count). The largest absolute Gasteiger partial charge is 0.465 e. The van der Waals surface area contributed by atoms with Gasteiger partial charge in [0.25, 0.3) is 0 Å². The molecule has 0 bridgehead atoms. The van der Waals surface area contributed by atoms with Gasteiger partial charge in [-0.25, -0.2) is 14.0 Å². The lowest BCUT2D eigenvalue weighted by Crippen LogP contribution is -2.52. The van der Waals surface area contributed by atoms with Crippen LogP contribution in [0.15, 0.2) is 48.5 Å². The maximum atomic E-state index is 13.5. The lowest BCUT2D eigenvalue weighted by Gasteiger charge is -2.38.